The van der Waals surface area contributed by atoms with Gasteiger partial charge in [-0.1, -0.05) is 12.1 Å². The Hall–Kier alpha value is -1.42. The lowest BCUT2D eigenvalue weighted by atomic mass is 9.94. The van der Waals surface area contributed by atoms with Gasteiger partial charge in [0.1, 0.15) is 5.82 Å². The largest absolute Gasteiger partial charge is 0.396 e. The van der Waals surface area contributed by atoms with Crippen molar-refractivity contribution in [3.05, 3.63) is 35.6 Å². The van der Waals surface area contributed by atoms with Crippen LogP contribution in [0.4, 0.5) is 4.39 Å². The highest BCUT2D eigenvalue weighted by Gasteiger charge is 2.52. The molecule has 0 aromatic heterocycles. The number of amides is 1. The van der Waals surface area contributed by atoms with Crippen molar-refractivity contribution in [3.8, 4) is 0 Å². The molecule has 108 valence electrons. The van der Waals surface area contributed by atoms with Crippen LogP contribution < -0.4 is 5.32 Å². The SMILES string of the molecule is O=C(NC(CCO)C1CC1)C1(c2cccc(F)c2)CC1. The molecule has 0 spiro atoms. The Labute approximate surface area is 118 Å². The Morgan fingerprint density at radius 2 is 2.20 bits per heavy atom. The molecule has 0 radical (unpaired) electrons. The molecule has 2 aliphatic rings. The molecule has 0 bridgehead atoms. The number of benzene rings is 1. The molecular formula is C16H20FNO2. The lowest BCUT2D eigenvalue weighted by Gasteiger charge is -2.22. The predicted octanol–water partition coefficient (Wildman–Crippen LogP) is 2.13. The first-order valence-electron chi connectivity index (χ1n) is 7.33. The topological polar surface area (TPSA) is 49.3 Å². The monoisotopic (exact) mass is 277 g/mol. The van der Waals surface area contributed by atoms with E-state index in [9.17, 15) is 9.18 Å². The molecule has 4 heteroatoms. The molecule has 1 aromatic carbocycles. The van der Waals surface area contributed by atoms with Gasteiger partial charge in [0.05, 0.1) is 5.41 Å². The van der Waals surface area contributed by atoms with Crippen LogP contribution in [-0.2, 0) is 10.2 Å². The summed E-state index contributed by atoms with van der Waals surface area (Å²) in [6.45, 7) is 0.0917. The molecule has 20 heavy (non-hydrogen) atoms. The van der Waals surface area contributed by atoms with Gasteiger partial charge >= 0.3 is 0 Å². The maximum atomic E-state index is 13.3. The van der Waals surface area contributed by atoms with Gasteiger partial charge in [0.25, 0.3) is 0 Å². The van der Waals surface area contributed by atoms with E-state index in [0.717, 1.165) is 31.2 Å². The molecule has 0 aliphatic heterocycles. The third kappa shape index (κ3) is 2.57. The number of carbonyl (C=O) groups is 1. The molecule has 2 N–H and O–H groups in total. The highest BCUT2D eigenvalue weighted by molar-refractivity contribution is 5.91. The van der Waals surface area contributed by atoms with Crippen molar-refractivity contribution >= 4 is 5.91 Å². The van der Waals surface area contributed by atoms with Gasteiger partial charge in [-0.15, -0.1) is 0 Å². The summed E-state index contributed by atoms with van der Waals surface area (Å²) < 4.78 is 13.3. The average Bonchev–Trinajstić information content (AvgIpc) is 3.29. The number of nitrogens with one attached hydrogen (secondary N) is 1. The Morgan fingerprint density at radius 1 is 1.45 bits per heavy atom. The molecule has 1 aromatic rings. The van der Waals surface area contributed by atoms with Crippen molar-refractivity contribution in [1.29, 1.82) is 0 Å². The minimum absolute atomic E-state index is 0.00606. The Balaban J connectivity index is 1.72. The summed E-state index contributed by atoms with van der Waals surface area (Å²) in [7, 11) is 0. The zero-order chi connectivity index (χ0) is 14.2. The van der Waals surface area contributed by atoms with E-state index in [-0.39, 0.29) is 24.4 Å². The molecule has 2 aliphatic carbocycles. The summed E-state index contributed by atoms with van der Waals surface area (Å²) in [6, 6.07) is 6.41. The van der Waals surface area contributed by atoms with Crippen molar-refractivity contribution in [1.82, 2.24) is 5.32 Å². The lowest BCUT2D eigenvalue weighted by molar-refractivity contribution is -0.124. The fourth-order valence-corrected chi connectivity index (χ4v) is 2.93. The van der Waals surface area contributed by atoms with E-state index in [2.05, 4.69) is 5.32 Å². The average molecular weight is 277 g/mol. The quantitative estimate of drug-likeness (QED) is 0.837. The van der Waals surface area contributed by atoms with E-state index in [1.54, 1.807) is 6.07 Å². The van der Waals surface area contributed by atoms with Crippen molar-refractivity contribution in [2.24, 2.45) is 5.92 Å². The second-order valence-electron chi connectivity index (χ2n) is 6.02. The van der Waals surface area contributed by atoms with Crippen molar-refractivity contribution in [2.45, 2.75) is 43.6 Å². The molecule has 0 saturated heterocycles. The van der Waals surface area contributed by atoms with E-state index >= 15 is 0 Å². The van der Waals surface area contributed by atoms with Gasteiger partial charge in [0.2, 0.25) is 5.91 Å². The number of rotatable bonds is 6. The summed E-state index contributed by atoms with van der Waals surface area (Å²) in [5.41, 5.74) is 0.235. The fraction of sp³-hybridized carbons (Fsp3) is 0.562. The molecule has 3 nitrogen and oxygen atoms in total. The van der Waals surface area contributed by atoms with Gasteiger partial charge in [-0.25, -0.2) is 4.39 Å². The van der Waals surface area contributed by atoms with Crippen LogP contribution in [0.25, 0.3) is 0 Å². The predicted molar refractivity (Wildman–Crippen MR) is 73.7 cm³/mol. The van der Waals surface area contributed by atoms with Gasteiger partial charge in [0.15, 0.2) is 0 Å². The van der Waals surface area contributed by atoms with E-state index in [1.165, 1.54) is 12.1 Å². The van der Waals surface area contributed by atoms with Crippen LogP contribution in [0.1, 0.15) is 37.7 Å². The number of carbonyl (C=O) groups excluding carboxylic acids is 1. The summed E-state index contributed by atoms with van der Waals surface area (Å²) in [6.07, 6.45) is 4.41. The standard InChI is InChI=1S/C16H20FNO2/c17-13-3-1-2-12(10-13)16(7-8-16)15(20)18-14(6-9-19)11-4-5-11/h1-3,10-11,14,19H,4-9H2,(H,18,20). The van der Waals surface area contributed by atoms with Gasteiger partial charge in [-0.05, 0) is 55.7 Å². The van der Waals surface area contributed by atoms with Crippen LogP contribution in [0.2, 0.25) is 0 Å². The molecule has 1 amide bonds. The highest BCUT2D eigenvalue weighted by Crippen LogP contribution is 2.49. The van der Waals surface area contributed by atoms with Gasteiger partial charge in [-0.3, -0.25) is 4.79 Å². The van der Waals surface area contributed by atoms with Gasteiger partial charge in [-0.2, -0.15) is 0 Å². The maximum Gasteiger partial charge on any atom is 0.230 e. The molecule has 3 rings (SSSR count). The third-order valence-corrected chi connectivity index (χ3v) is 4.51. The number of hydrogen-bond acceptors (Lipinski definition) is 2. The fourth-order valence-electron chi connectivity index (χ4n) is 2.93. The van der Waals surface area contributed by atoms with Crippen LogP contribution in [0.5, 0.6) is 0 Å². The van der Waals surface area contributed by atoms with E-state index < -0.39 is 5.41 Å². The molecule has 2 fully saturated rings. The van der Waals surface area contributed by atoms with Gasteiger partial charge in [0, 0.05) is 12.6 Å². The van der Waals surface area contributed by atoms with Crippen LogP contribution in [0, 0.1) is 11.7 Å². The van der Waals surface area contributed by atoms with Crippen LogP contribution in [0.15, 0.2) is 24.3 Å². The Kier molecular flexibility index (Phi) is 3.50. The lowest BCUT2D eigenvalue weighted by Crippen LogP contribution is -2.43. The van der Waals surface area contributed by atoms with E-state index in [1.807, 2.05) is 6.07 Å². The van der Waals surface area contributed by atoms with Crippen LogP contribution in [-0.4, -0.2) is 23.7 Å². The summed E-state index contributed by atoms with van der Waals surface area (Å²) in [4.78, 5) is 12.5. The summed E-state index contributed by atoms with van der Waals surface area (Å²) in [5.74, 6) is 0.207. The number of aliphatic hydroxyl groups excluding tert-OH is 1. The van der Waals surface area contributed by atoms with Crippen molar-refractivity contribution in [2.75, 3.05) is 6.61 Å². The molecule has 2 saturated carbocycles. The first kappa shape index (κ1) is 13.6. The van der Waals surface area contributed by atoms with E-state index in [4.69, 9.17) is 5.11 Å². The molecule has 0 heterocycles. The maximum absolute atomic E-state index is 13.3. The summed E-state index contributed by atoms with van der Waals surface area (Å²) >= 11 is 0. The van der Waals surface area contributed by atoms with Gasteiger partial charge < -0.3 is 10.4 Å². The zero-order valence-corrected chi connectivity index (χ0v) is 11.4. The zero-order valence-electron chi connectivity index (χ0n) is 11.4. The first-order chi connectivity index (χ1) is 9.65. The van der Waals surface area contributed by atoms with E-state index in [0.29, 0.717) is 12.3 Å². The van der Waals surface area contributed by atoms with Crippen LogP contribution in [0.3, 0.4) is 0 Å². The second-order valence-corrected chi connectivity index (χ2v) is 6.02. The number of hydrogen-bond donors (Lipinski definition) is 2. The first-order valence-corrected chi connectivity index (χ1v) is 7.33. The smallest absolute Gasteiger partial charge is 0.230 e. The third-order valence-electron chi connectivity index (χ3n) is 4.51. The molecule has 1 unspecified atom stereocenters. The minimum Gasteiger partial charge on any atom is -0.396 e. The molecule has 1 atom stereocenters. The number of aliphatic hydroxyl groups is 1. The Morgan fingerprint density at radius 3 is 2.75 bits per heavy atom. The molecular weight excluding hydrogens is 257 g/mol. The Bertz CT molecular complexity index is 509. The minimum atomic E-state index is -0.537. The second kappa shape index (κ2) is 5.17. The van der Waals surface area contributed by atoms with Crippen molar-refractivity contribution < 1.29 is 14.3 Å². The summed E-state index contributed by atoms with van der Waals surface area (Å²) in [5, 5.41) is 12.2. The van der Waals surface area contributed by atoms with Crippen molar-refractivity contribution in [3.63, 3.8) is 0 Å². The normalized spacial score (nSPS) is 21.3. The van der Waals surface area contributed by atoms with Crippen LogP contribution >= 0.6 is 0 Å². The highest BCUT2D eigenvalue weighted by atomic mass is 19.1. The number of halogens is 1.